The molecular formula is C26H24FNO5. The molecule has 1 amide bonds. The lowest BCUT2D eigenvalue weighted by Gasteiger charge is -2.15. The van der Waals surface area contributed by atoms with E-state index in [1.54, 1.807) is 42.5 Å². The molecule has 6 nitrogen and oxygen atoms in total. The van der Waals surface area contributed by atoms with E-state index in [0.29, 0.717) is 17.2 Å². The number of halogens is 1. The van der Waals surface area contributed by atoms with Gasteiger partial charge in [0.1, 0.15) is 5.75 Å². The van der Waals surface area contributed by atoms with E-state index in [4.69, 9.17) is 14.6 Å². The van der Waals surface area contributed by atoms with Crippen molar-refractivity contribution < 1.29 is 28.6 Å². The number of carboxylic acid groups (broad SMARTS) is 1. The summed E-state index contributed by atoms with van der Waals surface area (Å²) in [5, 5.41) is 11.9. The predicted octanol–water partition coefficient (Wildman–Crippen LogP) is 5.21. The standard InChI is InChI=1S/C26H24FNO5/c1-32-23-4-2-3-22(27)24(23)33-20-11-12-21(19(14-20)13-16-5-6-16)25(29)28-15-17-7-9-18(10-8-17)26(30)31/h2-4,7-12,14,16H,5-6,13,15H2,1H3,(H,28,29)(H,30,31). The molecule has 0 spiro atoms. The molecule has 0 radical (unpaired) electrons. The Morgan fingerprint density at radius 2 is 1.85 bits per heavy atom. The van der Waals surface area contributed by atoms with Crippen LogP contribution < -0.4 is 14.8 Å². The summed E-state index contributed by atoms with van der Waals surface area (Å²) < 4.78 is 25.3. The fourth-order valence-corrected chi connectivity index (χ4v) is 3.57. The Hall–Kier alpha value is -3.87. The summed E-state index contributed by atoms with van der Waals surface area (Å²) in [6.45, 7) is 0.270. The number of ether oxygens (including phenoxy) is 2. The summed E-state index contributed by atoms with van der Waals surface area (Å²) in [7, 11) is 1.45. The molecule has 1 saturated carbocycles. The average Bonchev–Trinajstić information content (AvgIpc) is 3.63. The Bertz CT molecular complexity index is 1170. The number of carbonyl (C=O) groups excluding carboxylic acids is 1. The first-order valence-corrected chi connectivity index (χ1v) is 10.7. The maximum Gasteiger partial charge on any atom is 0.335 e. The van der Waals surface area contributed by atoms with Crippen molar-refractivity contribution in [1.82, 2.24) is 5.32 Å². The smallest absolute Gasteiger partial charge is 0.335 e. The van der Waals surface area contributed by atoms with Gasteiger partial charge in [-0.25, -0.2) is 9.18 Å². The Kier molecular flexibility index (Phi) is 6.58. The number of carbonyl (C=O) groups is 2. The van der Waals surface area contributed by atoms with Crippen molar-refractivity contribution in [3.05, 3.63) is 88.7 Å². The van der Waals surface area contributed by atoms with Crippen molar-refractivity contribution >= 4 is 11.9 Å². The van der Waals surface area contributed by atoms with Crippen molar-refractivity contribution in [2.24, 2.45) is 5.92 Å². The number of methoxy groups -OCH3 is 1. The zero-order chi connectivity index (χ0) is 23.4. The molecule has 4 rings (SSSR count). The van der Waals surface area contributed by atoms with Gasteiger partial charge in [-0.1, -0.05) is 18.2 Å². The minimum atomic E-state index is -0.995. The number of hydrogen-bond acceptors (Lipinski definition) is 4. The van der Waals surface area contributed by atoms with Gasteiger partial charge in [0.15, 0.2) is 11.6 Å². The molecule has 1 fully saturated rings. The molecule has 0 saturated heterocycles. The van der Waals surface area contributed by atoms with Crippen molar-refractivity contribution in [2.45, 2.75) is 25.8 Å². The monoisotopic (exact) mass is 449 g/mol. The van der Waals surface area contributed by atoms with E-state index < -0.39 is 11.8 Å². The van der Waals surface area contributed by atoms with Crippen molar-refractivity contribution in [1.29, 1.82) is 0 Å². The Morgan fingerprint density at radius 3 is 2.52 bits per heavy atom. The number of hydrogen-bond donors (Lipinski definition) is 2. The van der Waals surface area contributed by atoms with E-state index >= 15 is 0 Å². The summed E-state index contributed by atoms with van der Waals surface area (Å²) in [4.78, 5) is 23.9. The molecule has 0 aliphatic heterocycles. The van der Waals surface area contributed by atoms with Crippen LogP contribution >= 0.6 is 0 Å². The third kappa shape index (κ3) is 5.49. The Morgan fingerprint density at radius 1 is 1.09 bits per heavy atom. The number of amides is 1. The predicted molar refractivity (Wildman–Crippen MR) is 120 cm³/mol. The molecule has 2 N–H and O–H groups in total. The van der Waals surface area contributed by atoms with Gasteiger partial charge in [-0.3, -0.25) is 4.79 Å². The molecule has 0 bridgehead atoms. The van der Waals surface area contributed by atoms with Crippen LogP contribution in [0, 0.1) is 11.7 Å². The summed E-state index contributed by atoms with van der Waals surface area (Å²) in [6.07, 6.45) is 2.97. The van der Waals surface area contributed by atoms with Gasteiger partial charge < -0.3 is 19.9 Å². The second kappa shape index (κ2) is 9.73. The van der Waals surface area contributed by atoms with Crippen LogP contribution in [0.1, 0.15) is 44.7 Å². The maximum atomic E-state index is 14.3. The van der Waals surface area contributed by atoms with Gasteiger partial charge in [-0.05, 0) is 78.8 Å². The lowest BCUT2D eigenvalue weighted by molar-refractivity contribution is 0.0696. The molecular weight excluding hydrogens is 425 g/mol. The van der Waals surface area contributed by atoms with Gasteiger partial charge in [0.25, 0.3) is 5.91 Å². The third-order valence-electron chi connectivity index (χ3n) is 5.55. The minimum absolute atomic E-state index is 0.000573. The number of para-hydroxylation sites is 1. The second-order valence-electron chi connectivity index (χ2n) is 8.02. The second-order valence-corrected chi connectivity index (χ2v) is 8.02. The van der Waals surface area contributed by atoms with Crippen LogP contribution in [0.5, 0.6) is 17.2 Å². The summed E-state index contributed by atoms with van der Waals surface area (Å²) in [6, 6.07) is 15.9. The molecule has 3 aromatic carbocycles. The molecule has 0 unspecified atom stereocenters. The first kappa shape index (κ1) is 22.3. The van der Waals surface area contributed by atoms with Crippen LogP contribution in [0.4, 0.5) is 4.39 Å². The number of nitrogens with one attached hydrogen (secondary N) is 1. The summed E-state index contributed by atoms with van der Waals surface area (Å²) in [5.74, 6) is -0.524. The quantitative estimate of drug-likeness (QED) is 0.469. The summed E-state index contributed by atoms with van der Waals surface area (Å²) >= 11 is 0. The van der Waals surface area contributed by atoms with E-state index in [1.807, 2.05) is 0 Å². The van der Waals surface area contributed by atoms with Gasteiger partial charge in [0, 0.05) is 12.1 Å². The zero-order valence-corrected chi connectivity index (χ0v) is 18.1. The lowest BCUT2D eigenvalue weighted by Crippen LogP contribution is -2.24. The molecule has 7 heteroatoms. The first-order valence-electron chi connectivity index (χ1n) is 10.7. The van der Waals surface area contributed by atoms with Gasteiger partial charge in [0.05, 0.1) is 12.7 Å². The van der Waals surface area contributed by atoms with Crippen LogP contribution in [0.2, 0.25) is 0 Å². The van der Waals surface area contributed by atoms with Crippen LogP contribution in [0.15, 0.2) is 60.7 Å². The zero-order valence-electron chi connectivity index (χ0n) is 18.1. The van der Waals surface area contributed by atoms with E-state index in [-0.39, 0.29) is 29.5 Å². The topological polar surface area (TPSA) is 84.9 Å². The summed E-state index contributed by atoms with van der Waals surface area (Å²) in [5.41, 5.74) is 2.36. The molecule has 0 atom stereocenters. The average molecular weight is 449 g/mol. The molecule has 1 aliphatic rings. The molecule has 3 aromatic rings. The molecule has 170 valence electrons. The minimum Gasteiger partial charge on any atom is -0.493 e. The fraction of sp³-hybridized carbons (Fsp3) is 0.231. The van der Waals surface area contributed by atoms with Crippen LogP contribution in [0.25, 0.3) is 0 Å². The van der Waals surface area contributed by atoms with E-state index in [1.165, 1.54) is 25.3 Å². The number of rotatable bonds is 9. The van der Waals surface area contributed by atoms with E-state index in [2.05, 4.69) is 5.32 Å². The Labute approximate surface area is 191 Å². The lowest BCUT2D eigenvalue weighted by atomic mass is 10.0. The van der Waals surface area contributed by atoms with E-state index in [9.17, 15) is 14.0 Å². The normalized spacial score (nSPS) is 12.8. The highest BCUT2D eigenvalue weighted by atomic mass is 19.1. The highest BCUT2D eigenvalue weighted by molar-refractivity contribution is 5.96. The maximum absolute atomic E-state index is 14.3. The fourth-order valence-electron chi connectivity index (χ4n) is 3.57. The van der Waals surface area contributed by atoms with Gasteiger partial charge in [0.2, 0.25) is 5.75 Å². The van der Waals surface area contributed by atoms with Gasteiger partial charge in [-0.15, -0.1) is 0 Å². The van der Waals surface area contributed by atoms with Crippen molar-refractivity contribution in [3.63, 3.8) is 0 Å². The van der Waals surface area contributed by atoms with Gasteiger partial charge >= 0.3 is 5.97 Å². The van der Waals surface area contributed by atoms with Crippen molar-refractivity contribution in [2.75, 3.05) is 7.11 Å². The van der Waals surface area contributed by atoms with E-state index in [0.717, 1.165) is 30.4 Å². The van der Waals surface area contributed by atoms with Crippen LogP contribution in [-0.2, 0) is 13.0 Å². The van der Waals surface area contributed by atoms with Crippen molar-refractivity contribution in [3.8, 4) is 17.2 Å². The molecule has 33 heavy (non-hydrogen) atoms. The number of aromatic carboxylic acids is 1. The van der Waals surface area contributed by atoms with Crippen LogP contribution in [0.3, 0.4) is 0 Å². The number of benzene rings is 3. The SMILES string of the molecule is COc1cccc(F)c1Oc1ccc(C(=O)NCc2ccc(C(=O)O)cc2)c(CC2CC2)c1. The molecule has 0 heterocycles. The highest BCUT2D eigenvalue weighted by Crippen LogP contribution is 2.37. The largest absolute Gasteiger partial charge is 0.493 e. The number of carboxylic acids is 1. The Balaban J connectivity index is 1.51. The van der Waals surface area contributed by atoms with Gasteiger partial charge in [-0.2, -0.15) is 0 Å². The first-order chi connectivity index (χ1) is 15.9. The molecule has 1 aliphatic carbocycles. The molecule has 0 aromatic heterocycles. The highest BCUT2D eigenvalue weighted by Gasteiger charge is 2.25. The van der Waals surface area contributed by atoms with Crippen LogP contribution in [-0.4, -0.2) is 24.1 Å². The third-order valence-corrected chi connectivity index (χ3v) is 5.55.